The Balaban J connectivity index is 0. The number of hydrogen-bond acceptors (Lipinski definition) is 1. The van der Waals surface area contributed by atoms with Crippen LogP contribution in [0.25, 0.3) is 0 Å². The zero-order valence-electron chi connectivity index (χ0n) is 11.2. The second-order valence-electron chi connectivity index (χ2n) is 2.83. The number of benzene rings is 1. The van der Waals surface area contributed by atoms with Crippen LogP contribution in [0.1, 0.15) is 49.2 Å². The minimum Gasteiger partial charge on any atom is -0.478 e. The highest BCUT2D eigenvalue weighted by molar-refractivity contribution is 5.87. The van der Waals surface area contributed by atoms with Crippen molar-refractivity contribution in [1.29, 1.82) is 0 Å². The maximum Gasteiger partial charge on any atom is 0.416 e. The molecule has 18 heavy (non-hydrogen) atoms. The van der Waals surface area contributed by atoms with Gasteiger partial charge in [-0.05, 0) is 24.6 Å². The highest BCUT2D eigenvalue weighted by atomic mass is 19.4. The molecule has 0 aliphatic carbocycles. The zero-order valence-corrected chi connectivity index (χ0v) is 11.2. The van der Waals surface area contributed by atoms with Crippen molar-refractivity contribution in [2.75, 3.05) is 0 Å². The molecule has 0 radical (unpaired) electrons. The highest BCUT2D eigenvalue weighted by Gasteiger charge is 2.32. The number of hydrogen-bond donors (Lipinski definition) is 1. The fourth-order valence-electron chi connectivity index (χ4n) is 1.06. The predicted molar refractivity (Wildman–Crippen MR) is 65.8 cm³/mol. The molecule has 0 saturated heterocycles. The van der Waals surface area contributed by atoms with Gasteiger partial charge in [-0.1, -0.05) is 33.8 Å². The summed E-state index contributed by atoms with van der Waals surface area (Å²) in [5, 5.41) is 8.50. The first-order chi connectivity index (χ1) is 8.32. The molecule has 0 unspecified atom stereocenters. The molecule has 0 saturated carbocycles. The van der Waals surface area contributed by atoms with Gasteiger partial charge in [-0.25, -0.2) is 4.79 Å². The topological polar surface area (TPSA) is 37.3 Å². The first kappa shape index (κ1) is 18.8. The average Bonchev–Trinajstić information content (AvgIpc) is 2.33. The first-order valence-corrected chi connectivity index (χ1v) is 5.73. The van der Waals surface area contributed by atoms with E-state index in [1.807, 2.05) is 27.7 Å². The monoisotopic (exact) mass is 264 g/mol. The Labute approximate surface area is 105 Å². The van der Waals surface area contributed by atoms with Crippen molar-refractivity contribution in [3.05, 3.63) is 34.9 Å². The molecule has 0 fully saturated rings. The smallest absolute Gasteiger partial charge is 0.416 e. The molecule has 1 N–H and O–H groups in total. The lowest BCUT2D eigenvalue weighted by Gasteiger charge is -2.10. The fourth-order valence-corrected chi connectivity index (χ4v) is 1.06. The summed E-state index contributed by atoms with van der Waals surface area (Å²) in [6, 6.07) is 2.93. The molecule has 0 bridgehead atoms. The van der Waals surface area contributed by atoms with E-state index in [1.54, 1.807) is 0 Å². The molecule has 0 atom stereocenters. The summed E-state index contributed by atoms with van der Waals surface area (Å²) >= 11 is 0. The quantitative estimate of drug-likeness (QED) is 0.793. The molecule has 104 valence electrons. The van der Waals surface area contributed by atoms with Crippen LogP contribution in [0.4, 0.5) is 13.2 Å². The molecule has 0 amide bonds. The molecule has 1 rings (SSSR count). The maximum atomic E-state index is 12.3. The van der Waals surface area contributed by atoms with Crippen LogP contribution >= 0.6 is 0 Å². The van der Waals surface area contributed by atoms with Crippen LogP contribution in [0.5, 0.6) is 0 Å². The van der Waals surface area contributed by atoms with E-state index < -0.39 is 17.7 Å². The Morgan fingerprint density at radius 1 is 1.11 bits per heavy atom. The number of aromatic carboxylic acids is 1. The minimum absolute atomic E-state index is 0.0162. The highest BCUT2D eigenvalue weighted by Crippen LogP contribution is 2.32. The normalized spacial score (nSPS) is 9.56. The standard InChI is InChI=1S/C9H7F3O2.2C2H6/c1-5-2-3-6(8(13)14)4-7(5)9(10,11)12;2*1-2/h2-4H,1H3,(H,13,14);2*1-2H3. The lowest BCUT2D eigenvalue weighted by molar-refractivity contribution is -0.138. The van der Waals surface area contributed by atoms with Crippen molar-refractivity contribution in [1.82, 2.24) is 0 Å². The number of carboxylic acid groups (broad SMARTS) is 1. The maximum absolute atomic E-state index is 12.3. The summed E-state index contributed by atoms with van der Waals surface area (Å²) in [6.07, 6.45) is -4.50. The Kier molecular flexibility index (Phi) is 8.95. The number of aryl methyl sites for hydroxylation is 1. The lowest BCUT2D eigenvalue weighted by Crippen LogP contribution is -2.09. The molecule has 2 nitrogen and oxygen atoms in total. The van der Waals surface area contributed by atoms with Crippen LogP contribution in [-0.2, 0) is 6.18 Å². The third-order valence-corrected chi connectivity index (χ3v) is 1.79. The van der Waals surface area contributed by atoms with Gasteiger partial charge in [0.25, 0.3) is 0 Å². The third kappa shape index (κ3) is 5.70. The number of alkyl halides is 3. The van der Waals surface area contributed by atoms with Gasteiger partial charge in [-0.15, -0.1) is 0 Å². The Hall–Kier alpha value is -1.52. The number of carboxylic acids is 1. The number of carbonyl (C=O) groups is 1. The van der Waals surface area contributed by atoms with Gasteiger partial charge in [-0.3, -0.25) is 0 Å². The molecule has 0 aromatic heterocycles. The summed E-state index contributed by atoms with van der Waals surface area (Å²) in [5.41, 5.74) is -1.25. The van der Waals surface area contributed by atoms with E-state index >= 15 is 0 Å². The van der Waals surface area contributed by atoms with Crippen molar-refractivity contribution < 1.29 is 23.1 Å². The third-order valence-electron chi connectivity index (χ3n) is 1.79. The molecular formula is C13H19F3O2. The fraction of sp³-hybridized carbons (Fsp3) is 0.462. The van der Waals surface area contributed by atoms with E-state index in [1.165, 1.54) is 6.92 Å². The molecule has 0 aliphatic rings. The minimum atomic E-state index is -4.50. The van der Waals surface area contributed by atoms with Gasteiger partial charge in [0, 0.05) is 0 Å². The Bertz CT molecular complexity index is 371. The lowest BCUT2D eigenvalue weighted by atomic mass is 10.0. The Morgan fingerprint density at radius 3 is 1.89 bits per heavy atom. The van der Waals surface area contributed by atoms with Gasteiger partial charge >= 0.3 is 12.1 Å². The van der Waals surface area contributed by atoms with Crippen LogP contribution in [0, 0.1) is 6.92 Å². The second-order valence-corrected chi connectivity index (χ2v) is 2.83. The van der Waals surface area contributed by atoms with E-state index in [4.69, 9.17) is 5.11 Å². The first-order valence-electron chi connectivity index (χ1n) is 5.73. The van der Waals surface area contributed by atoms with E-state index in [0.29, 0.717) is 6.07 Å². The molecule has 0 heterocycles. The molecule has 1 aromatic carbocycles. The second kappa shape index (κ2) is 8.55. The van der Waals surface area contributed by atoms with Crippen LogP contribution in [0.15, 0.2) is 18.2 Å². The van der Waals surface area contributed by atoms with E-state index in [9.17, 15) is 18.0 Å². The van der Waals surface area contributed by atoms with Crippen molar-refractivity contribution in [3.8, 4) is 0 Å². The van der Waals surface area contributed by atoms with Crippen LogP contribution in [-0.4, -0.2) is 11.1 Å². The molecule has 1 aromatic rings. The van der Waals surface area contributed by atoms with Crippen molar-refractivity contribution in [2.24, 2.45) is 0 Å². The van der Waals surface area contributed by atoms with Crippen LogP contribution < -0.4 is 0 Å². The van der Waals surface area contributed by atoms with Crippen LogP contribution in [0.2, 0.25) is 0 Å². The van der Waals surface area contributed by atoms with Crippen molar-refractivity contribution in [2.45, 2.75) is 40.8 Å². The van der Waals surface area contributed by atoms with Gasteiger partial charge < -0.3 is 5.11 Å². The zero-order chi connectivity index (χ0) is 14.9. The van der Waals surface area contributed by atoms with Crippen LogP contribution in [0.3, 0.4) is 0 Å². The number of halogens is 3. The van der Waals surface area contributed by atoms with Crippen molar-refractivity contribution in [3.63, 3.8) is 0 Å². The van der Waals surface area contributed by atoms with Gasteiger partial charge in [0.2, 0.25) is 0 Å². The summed E-state index contributed by atoms with van der Waals surface area (Å²) in [5.74, 6) is -1.37. The van der Waals surface area contributed by atoms with E-state index in [2.05, 4.69) is 0 Å². The van der Waals surface area contributed by atoms with Gasteiger partial charge in [0.05, 0.1) is 11.1 Å². The average molecular weight is 264 g/mol. The van der Waals surface area contributed by atoms with Crippen molar-refractivity contribution >= 4 is 5.97 Å². The summed E-state index contributed by atoms with van der Waals surface area (Å²) in [6.45, 7) is 9.29. The Morgan fingerprint density at radius 2 is 1.56 bits per heavy atom. The largest absolute Gasteiger partial charge is 0.478 e. The van der Waals surface area contributed by atoms with E-state index in [0.717, 1.165) is 12.1 Å². The summed E-state index contributed by atoms with van der Waals surface area (Å²) in [7, 11) is 0. The molecule has 5 heteroatoms. The van der Waals surface area contributed by atoms with E-state index in [-0.39, 0.29) is 11.1 Å². The van der Waals surface area contributed by atoms with Gasteiger partial charge in [-0.2, -0.15) is 13.2 Å². The predicted octanol–water partition coefficient (Wildman–Crippen LogP) is 4.76. The summed E-state index contributed by atoms with van der Waals surface area (Å²) in [4.78, 5) is 10.4. The summed E-state index contributed by atoms with van der Waals surface area (Å²) < 4.78 is 36.9. The molecule has 0 aliphatic heterocycles. The SMILES string of the molecule is CC.CC.Cc1ccc(C(=O)O)cc1C(F)(F)F. The van der Waals surface area contributed by atoms with Gasteiger partial charge in [0.15, 0.2) is 0 Å². The van der Waals surface area contributed by atoms with Gasteiger partial charge in [0.1, 0.15) is 0 Å². The molecule has 0 spiro atoms. The number of rotatable bonds is 1. The molecular weight excluding hydrogens is 245 g/mol.